The Balaban J connectivity index is 2.04. The summed E-state index contributed by atoms with van der Waals surface area (Å²) in [6, 6.07) is 6.53. The van der Waals surface area contributed by atoms with E-state index < -0.39 is 0 Å². The van der Waals surface area contributed by atoms with Crippen molar-refractivity contribution in [3.05, 3.63) is 34.8 Å². The molecule has 0 spiro atoms. The molecule has 0 saturated heterocycles. The summed E-state index contributed by atoms with van der Waals surface area (Å²) in [7, 11) is 0. The van der Waals surface area contributed by atoms with Crippen LogP contribution in [-0.4, -0.2) is 11.5 Å². The van der Waals surface area contributed by atoms with E-state index in [-0.39, 0.29) is 0 Å². The van der Waals surface area contributed by atoms with Crippen molar-refractivity contribution in [3.63, 3.8) is 0 Å². The second-order valence-electron chi connectivity index (χ2n) is 3.59. The second kappa shape index (κ2) is 3.26. The number of rotatable bonds is 1. The van der Waals surface area contributed by atoms with Crippen molar-refractivity contribution >= 4 is 11.3 Å². The quantitative estimate of drug-likeness (QED) is 0.733. The second-order valence-corrected chi connectivity index (χ2v) is 4.54. The molecule has 0 aliphatic carbocycles. The standard InChI is InChI=1S/C11H12N2S/c1-2-11(14-5-1)10-6-8-7-12-4-3-9(8)13-10/h1-2,5-6,12-13H,3-4,7H2. The minimum absolute atomic E-state index is 1.01. The van der Waals surface area contributed by atoms with Crippen LogP contribution >= 0.6 is 11.3 Å². The SMILES string of the molecule is c1csc(-c2cc3c([nH]2)CCNC3)c1. The fourth-order valence-electron chi connectivity index (χ4n) is 1.92. The summed E-state index contributed by atoms with van der Waals surface area (Å²) >= 11 is 1.79. The molecule has 1 aliphatic rings. The molecule has 0 aromatic carbocycles. The van der Waals surface area contributed by atoms with Gasteiger partial charge in [-0.1, -0.05) is 6.07 Å². The zero-order valence-corrected chi connectivity index (χ0v) is 8.66. The Labute approximate surface area is 87.0 Å². The van der Waals surface area contributed by atoms with Gasteiger partial charge in [0, 0.05) is 25.2 Å². The summed E-state index contributed by atoms with van der Waals surface area (Å²) in [5, 5.41) is 5.50. The van der Waals surface area contributed by atoms with Crippen LogP contribution in [-0.2, 0) is 13.0 Å². The molecule has 0 atom stereocenters. The van der Waals surface area contributed by atoms with Crippen LogP contribution in [0.25, 0.3) is 10.6 Å². The van der Waals surface area contributed by atoms with E-state index in [1.165, 1.54) is 21.8 Å². The molecule has 0 fully saturated rings. The van der Waals surface area contributed by atoms with Gasteiger partial charge in [0.05, 0.1) is 10.6 Å². The van der Waals surface area contributed by atoms with E-state index >= 15 is 0 Å². The van der Waals surface area contributed by atoms with Gasteiger partial charge in [0.25, 0.3) is 0 Å². The summed E-state index contributed by atoms with van der Waals surface area (Å²) in [6.07, 6.45) is 1.13. The molecule has 0 saturated carbocycles. The number of aromatic nitrogens is 1. The normalized spacial score (nSPS) is 15.4. The monoisotopic (exact) mass is 204 g/mol. The van der Waals surface area contributed by atoms with Gasteiger partial charge in [0.2, 0.25) is 0 Å². The molecule has 2 nitrogen and oxygen atoms in total. The maximum absolute atomic E-state index is 3.51. The molecule has 0 bridgehead atoms. The lowest BCUT2D eigenvalue weighted by molar-refractivity contribution is 0.638. The van der Waals surface area contributed by atoms with Crippen molar-refractivity contribution in [1.29, 1.82) is 0 Å². The molecule has 3 heterocycles. The van der Waals surface area contributed by atoms with Gasteiger partial charge in [-0.05, 0) is 23.1 Å². The predicted molar refractivity (Wildman–Crippen MR) is 59.5 cm³/mol. The largest absolute Gasteiger partial charge is 0.357 e. The molecule has 3 heteroatoms. The van der Waals surface area contributed by atoms with Crippen LogP contribution in [0.3, 0.4) is 0 Å². The number of aromatic amines is 1. The Bertz CT molecular complexity index is 405. The van der Waals surface area contributed by atoms with Crippen molar-refractivity contribution in [1.82, 2.24) is 10.3 Å². The topological polar surface area (TPSA) is 27.8 Å². The van der Waals surface area contributed by atoms with Crippen LogP contribution in [0.1, 0.15) is 11.3 Å². The molecule has 2 aromatic heterocycles. The molecule has 0 unspecified atom stereocenters. The highest BCUT2D eigenvalue weighted by atomic mass is 32.1. The summed E-state index contributed by atoms with van der Waals surface area (Å²) in [5.74, 6) is 0. The molecular formula is C11H12N2S. The Kier molecular flexibility index (Phi) is 1.92. The number of hydrogen-bond acceptors (Lipinski definition) is 2. The lowest BCUT2D eigenvalue weighted by atomic mass is 10.1. The summed E-state index contributed by atoms with van der Waals surface area (Å²) < 4.78 is 0. The molecule has 2 N–H and O–H groups in total. The maximum atomic E-state index is 3.51. The molecule has 72 valence electrons. The van der Waals surface area contributed by atoms with E-state index in [1.54, 1.807) is 11.3 Å². The van der Waals surface area contributed by atoms with Crippen molar-refractivity contribution < 1.29 is 0 Å². The smallest absolute Gasteiger partial charge is 0.0560 e. The van der Waals surface area contributed by atoms with Gasteiger partial charge < -0.3 is 10.3 Å². The minimum Gasteiger partial charge on any atom is -0.357 e. The Morgan fingerprint density at radius 2 is 2.36 bits per heavy atom. The molecule has 1 aliphatic heterocycles. The number of thiophene rings is 1. The first-order valence-corrected chi connectivity index (χ1v) is 5.77. The highest BCUT2D eigenvalue weighted by Crippen LogP contribution is 2.27. The van der Waals surface area contributed by atoms with Gasteiger partial charge in [0.15, 0.2) is 0 Å². The van der Waals surface area contributed by atoms with E-state index in [0.29, 0.717) is 0 Å². The van der Waals surface area contributed by atoms with Gasteiger partial charge in [-0.25, -0.2) is 0 Å². The highest BCUT2D eigenvalue weighted by Gasteiger charge is 2.12. The zero-order chi connectivity index (χ0) is 9.38. The molecular weight excluding hydrogens is 192 g/mol. The Hall–Kier alpha value is -1.06. The van der Waals surface area contributed by atoms with Gasteiger partial charge in [-0.2, -0.15) is 0 Å². The average molecular weight is 204 g/mol. The Morgan fingerprint density at radius 3 is 3.14 bits per heavy atom. The highest BCUT2D eigenvalue weighted by molar-refractivity contribution is 7.13. The third-order valence-electron chi connectivity index (χ3n) is 2.65. The van der Waals surface area contributed by atoms with E-state index in [1.807, 2.05) is 0 Å². The van der Waals surface area contributed by atoms with Crippen LogP contribution in [0.5, 0.6) is 0 Å². The zero-order valence-electron chi connectivity index (χ0n) is 7.84. The third kappa shape index (κ3) is 1.29. The lowest BCUT2D eigenvalue weighted by Crippen LogP contribution is -2.22. The number of H-pyrrole nitrogens is 1. The predicted octanol–water partition coefficient (Wildman–Crippen LogP) is 2.39. The number of hydrogen-bond donors (Lipinski definition) is 2. The van der Waals surface area contributed by atoms with E-state index in [0.717, 1.165) is 19.5 Å². The van der Waals surface area contributed by atoms with Gasteiger partial charge in [0.1, 0.15) is 0 Å². The molecule has 0 amide bonds. The van der Waals surface area contributed by atoms with Crippen LogP contribution < -0.4 is 5.32 Å². The molecule has 2 aromatic rings. The summed E-state index contributed by atoms with van der Waals surface area (Å²) in [6.45, 7) is 2.11. The van der Waals surface area contributed by atoms with E-state index in [9.17, 15) is 0 Å². The third-order valence-corrected chi connectivity index (χ3v) is 3.55. The molecule has 0 radical (unpaired) electrons. The van der Waals surface area contributed by atoms with Crippen LogP contribution in [0.15, 0.2) is 23.6 Å². The van der Waals surface area contributed by atoms with Crippen molar-refractivity contribution in [2.45, 2.75) is 13.0 Å². The molecule has 3 rings (SSSR count). The van der Waals surface area contributed by atoms with Gasteiger partial charge >= 0.3 is 0 Å². The summed E-state index contributed by atoms with van der Waals surface area (Å²) in [4.78, 5) is 4.84. The molecule has 14 heavy (non-hydrogen) atoms. The van der Waals surface area contributed by atoms with Crippen molar-refractivity contribution in [2.75, 3.05) is 6.54 Å². The summed E-state index contributed by atoms with van der Waals surface area (Å²) in [5.41, 5.74) is 4.11. The van der Waals surface area contributed by atoms with Crippen molar-refractivity contribution in [3.8, 4) is 10.6 Å². The first kappa shape index (κ1) is 8.26. The lowest BCUT2D eigenvalue weighted by Gasteiger charge is -2.11. The maximum Gasteiger partial charge on any atom is 0.0560 e. The first-order chi connectivity index (χ1) is 6.93. The van der Waals surface area contributed by atoms with Crippen LogP contribution in [0.4, 0.5) is 0 Å². The fourth-order valence-corrected chi connectivity index (χ4v) is 2.62. The fraction of sp³-hybridized carbons (Fsp3) is 0.273. The van der Waals surface area contributed by atoms with Gasteiger partial charge in [-0.3, -0.25) is 0 Å². The van der Waals surface area contributed by atoms with Crippen LogP contribution in [0, 0.1) is 0 Å². The van der Waals surface area contributed by atoms with Crippen molar-refractivity contribution in [2.24, 2.45) is 0 Å². The van der Waals surface area contributed by atoms with E-state index in [4.69, 9.17) is 0 Å². The Morgan fingerprint density at radius 1 is 1.36 bits per heavy atom. The van der Waals surface area contributed by atoms with Gasteiger partial charge in [-0.15, -0.1) is 11.3 Å². The first-order valence-electron chi connectivity index (χ1n) is 4.89. The average Bonchev–Trinajstić information content (AvgIpc) is 2.86. The number of nitrogens with one attached hydrogen (secondary N) is 2. The minimum atomic E-state index is 1.01. The van der Waals surface area contributed by atoms with E-state index in [2.05, 4.69) is 33.9 Å². The van der Waals surface area contributed by atoms with Crippen LogP contribution in [0.2, 0.25) is 0 Å². The number of fused-ring (bicyclic) bond motifs is 1.